The Morgan fingerprint density at radius 2 is 2.00 bits per heavy atom. The first-order valence-corrected chi connectivity index (χ1v) is 3.74. The summed E-state index contributed by atoms with van der Waals surface area (Å²) < 4.78 is 0. The van der Waals surface area contributed by atoms with Crippen molar-refractivity contribution in [2.75, 3.05) is 6.54 Å². The summed E-state index contributed by atoms with van der Waals surface area (Å²) >= 11 is 0. The lowest BCUT2D eigenvalue weighted by molar-refractivity contribution is 0.187. The number of amides is 2. The number of carbonyl (C=O) groups excluding carboxylic acids is 1. The predicted molar refractivity (Wildman–Crippen MR) is 43.4 cm³/mol. The molecular weight excluding hydrogens is 144 g/mol. The van der Waals surface area contributed by atoms with Crippen molar-refractivity contribution < 1.29 is 9.90 Å². The van der Waals surface area contributed by atoms with Crippen molar-refractivity contribution in [2.45, 2.75) is 32.9 Å². The van der Waals surface area contributed by atoms with Gasteiger partial charge in [-0.15, -0.1) is 0 Å². The summed E-state index contributed by atoms with van der Waals surface area (Å²) in [7, 11) is 0. The molecular formula is C7H16N2O2. The van der Waals surface area contributed by atoms with Gasteiger partial charge in [0.25, 0.3) is 0 Å². The third kappa shape index (κ3) is 7.12. The van der Waals surface area contributed by atoms with E-state index in [9.17, 15) is 4.79 Å². The van der Waals surface area contributed by atoms with Gasteiger partial charge in [-0.3, -0.25) is 0 Å². The number of aliphatic hydroxyl groups is 1. The van der Waals surface area contributed by atoms with Gasteiger partial charge in [0.2, 0.25) is 0 Å². The first kappa shape index (κ1) is 10.2. The molecule has 0 saturated carbocycles. The summed E-state index contributed by atoms with van der Waals surface area (Å²) in [6.45, 7) is 5.66. The van der Waals surface area contributed by atoms with E-state index in [1.807, 2.05) is 13.8 Å². The van der Waals surface area contributed by atoms with Gasteiger partial charge < -0.3 is 15.7 Å². The highest BCUT2D eigenvalue weighted by atomic mass is 16.3. The lowest BCUT2D eigenvalue weighted by Gasteiger charge is -2.10. The molecule has 0 rings (SSSR count). The zero-order valence-electron chi connectivity index (χ0n) is 7.22. The highest BCUT2D eigenvalue weighted by molar-refractivity contribution is 5.74. The van der Waals surface area contributed by atoms with Crippen LogP contribution >= 0.6 is 0 Å². The summed E-state index contributed by atoms with van der Waals surface area (Å²) in [4.78, 5) is 10.8. The molecule has 0 aromatic rings. The van der Waals surface area contributed by atoms with Crippen LogP contribution < -0.4 is 10.6 Å². The molecule has 66 valence electrons. The van der Waals surface area contributed by atoms with E-state index in [0.29, 0.717) is 6.54 Å². The molecule has 0 saturated heterocycles. The van der Waals surface area contributed by atoms with Crippen LogP contribution in [0.5, 0.6) is 0 Å². The van der Waals surface area contributed by atoms with E-state index in [0.717, 1.165) is 0 Å². The zero-order valence-corrected chi connectivity index (χ0v) is 7.22. The highest BCUT2D eigenvalue weighted by Crippen LogP contribution is 1.78. The quantitative estimate of drug-likeness (QED) is 0.547. The molecule has 0 aliphatic rings. The molecule has 0 aliphatic heterocycles. The molecule has 0 aromatic carbocycles. The lowest BCUT2D eigenvalue weighted by atomic mass is 10.4. The number of carbonyl (C=O) groups is 1. The van der Waals surface area contributed by atoms with Crippen LogP contribution in [0.3, 0.4) is 0 Å². The highest BCUT2D eigenvalue weighted by Gasteiger charge is 2.02. The first-order chi connectivity index (χ1) is 5.02. The number of hydrogen-bond donors (Lipinski definition) is 3. The Labute approximate surface area is 67.0 Å². The molecule has 3 N–H and O–H groups in total. The summed E-state index contributed by atoms with van der Waals surface area (Å²) in [5.41, 5.74) is 0. The van der Waals surface area contributed by atoms with Crippen LogP contribution in [-0.4, -0.2) is 29.8 Å². The molecule has 0 bridgehead atoms. The van der Waals surface area contributed by atoms with Crippen molar-refractivity contribution in [2.24, 2.45) is 0 Å². The fraction of sp³-hybridized carbons (Fsp3) is 0.857. The smallest absolute Gasteiger partial charge is 0.315 e. The molecule has 11 heavy (non-hydrogen) atoms. The van der Waals surface area contributed by atoms with Gasteiger partial charge >= 0.3 is 6.03 Å². The Hall–Kier alpha value is -0.770. The van der Waals surface area contributed by atoms with Crippen LogP contribution in [0.1, 0.15) is 20.8 Å². The maximum atomic E-state index is 10.8. The van der Waals surface area contributed by atoms with Gasteiger partial charge in [-0.2, -0.15) is 0 Å². The van der Waals surface area contributed by atoms with Gasteiger partial charge in [0, 0.05) is 12.6 Å². The molecule has 0 unspecified atom stereocenters. The third-order valence-corrected chi connectivity index (χ3v) is 0.978. The van der Waals surface area contributed by atoms with Crippen molar-refractivity contribution in [3.8, 4) is 0 Å². The summed E-state index contributed by atoms with van der Waals surface area (Å²) in [6, 6.07) is -0.107. The summed E-state index contributed by atoms with van der Waals surface area (Å²) in [6.07, 6.45) is -0.493. The first-order valence-electron chi connectivity index (χ1n) is 3.74. The Balaban J connectivity index is 3.38. The minimum atomic E-state index is -0.493. The van der Waals surface area contributed by atoms with Gasteiger partial charge in [0.05, 0.1) is 6.10 Å². The molecule has 0 radical (unpaired) electrons. The second-order valence-corrected chi connectivity index (χ2v) is 2.86. The van der Waals surface area contributed by atoms with Crippen molar-refractivity contribution in [1.82, 2.24) is 10.6 Å². The number of hydrogen-bond acceptors (Lipinski definition) is 2. The molecule has 1 atom stereocenters. The Kier molecular flexibility index (Phi) is 4.61. The van der Waals surface area contributed by atoms with Crippen LogP contribution in [0, 0.1) is 0 Å². The van der Waals surface area contributed by atoms with Crippen LogP contribution in [0.15, 0.2) is 0 Å². The van der Waals surface area contributed by atoms with E-state index in [2.05, 4.69) is 10.6 Å². The number of nitrogens with one attached hydrogen (secondary N) is 2. The molecule has 0 fully saturated rings. The van der Waals surface area contributed by atoms with E-state index >= 15 is 0 Å². The monoisotopic (exact) mass is 160 g/mol. The van der Waals surface area contributed by atoms with Gasteiger partial charge in [-0.1, -0.05) is 0 Å². The fourth-order valence-corrected chi connectivity index (χ4v) is 0.554. The lowest BCUT2D eigenvalue weighted by Crippen LogP contribution is -2.42. The van der Waals surface area contributed by atoms with Crippen molar-refractivity contribution in [1.29, 1.82) is 0 Å². The normalized spacial score (nSPS) is 12.8. The van der Waals surface area contributed by atoms with Gasteiger partial charge in [-0.25, -0.2) is 4.79 Å². The van der Waals surface area contributed by atoms with E-state index in [1.165, 1.54) is 0 Å². The number of aliphatic hydroxyl groups excluding tert-OH is 1. The Morgan fingerprint density at radius 1 is 1.45 bits per heavy atom. The van der Waals surface area contributed by atoms with Crippen molar-refractivity contribution in [3.63, 3.8) is 0 Å². The van der Waals surface area contributed by atoms with E-state index < -0.39 is 6.10 Å². The third-order valence-electron chi connectivity index (χ3n) is 0.978. The topological polar surface area (TPSA) is 61.4 Å². The van der Waals surface area contributed by atoms with E-state index in [4.69, 9.17) is 5.11 Å². The van der Waals surface area contributed by atoms with Crippen LogP contribution in [-0.2, 0) is 0 Å². The fourth-order valence-electron chi connectivity index (χ4n) is 0.554. The van der Waals surface area contributed by atoms with Crippen molar-refractivity contribution >= 4 is 6.03 Å². The standard InChI is InChI=1S/C7H16N2O2/c1-5(2)9-7(11)8-4-6(3)10/h5-6,10H,4H2,1-3H3,(H2,8,9,11)/t6-/m1/s1. The Bertz CT molecular complexity index is 124. The number of urea groups is 1. The van der Waals surface area contributed by atoms with Gasteiger partial charge in [0.15, 0.2) is 0 Å². The zero-order chi connectivity index (χ0) is 8.85. The second kappa shape index (κ2) is 4.96. The number of rotatable bonds is 3. The summed E-state index contributed by atoms with van der Waals surface area (Å²) in [5, 5.41) is 13.9. The Morgan fingerprint density at radius 3 is 2.36 bits per heavy atom. The molecule has 0 aromatic heterocycles. The maximum Gasteiger partial charge on any atom is 0.315 e. The average molecular weight is 160 g/mol. The molecule has 2 amide bonds. The summed E-state index contributed by atoms with van der Waals surface area (Å²) in [5.74, 6) is 0. The largest absolute Gasteiger partial charge is 0.392 e. The SMILES string of the molecule is CC(C)NC(=O)NC[C@@H](C)O. The average Bonchev–Trinajstić information content (AvgIpc) is 1.82. The van der Waals surface area contributed by atoms with E-state index in [1.54, 1.807) is 6.92 Å². The van der Waals surface area contributed by atoms with Crippen LogP contribution in [0.25, 0.3) is 0 Å². The predicted octanol–water partition coefficient (Wildman–Crippen LogP) is 0.0748. The second-order valence-electron chi connectivity index (χ2n) is 2.86. The minimum Gasteiger partial charge on any atom is -0.392 e. The van der Waals surface area contributed by atoms with Gasteiger partial charge in [0.1, 0.15) is 0 Å². The van der Waals surface area contributed by atoms with Crippen molar-refractivity contribution in [3.05, 3.63) is 0 Å². The van der Waals surface area contributed by atoms with E-state index in [-0.39, 0.29) is 12.1 Å². The molecule has 0 heterocycles. The van der Waals surface area contributed by atoms with Gasteiger partial charge in [-0.05, 0) is 20.8 Å². The molecule has 4 heteroatoms. The molecule has 4 nitrogen and oxygen atoms in total. The minimum absolute atomic E-state index is 0.129. The van der Waals surface area contributed by atoms with Crippen LogP contribution in [0.4, 0.5) is 4.79 Å². The molecule has 0 spiro atoms. The molecule has 0 aliphatic carbocycles. The van der Waals surface area contributed by atoms with Crippen LogP contribution in [0.2, 0.25) is 0 Å². The maximum absolute atomic E-state index is 10.8.